The molecule has 0 spiro atoms. The van der Waals surface area contributed by atoms with Crippen molar-refractivity contribution in [3.8, 4) is 0 Å². The topological polar surface area (TPSA) is 126 Å². The Morgan fingerprint density at radius 3 is 2.73 bits per heavy atom. The van der Waals surface area contributed by atoms with Gasteiger partial charge in [-0.1, -0.05) is 17.8 Å². The second-order valence-corrected chi connectivity index (χ2v) is 6.81. The van der Waals surface area contributed by atoms with E-state index < -0.39 is 24.5 Å². The van der Waals surface area contributed by atoms with Gasteiger partial charge in [-0.15, -0.1) is 0 Å². The molecule has 1 aliphatic rings. The van der Waals surface area contributed by atoms with Gasteiger partial charge < -0.3 is 20.1 Å². The smallest absolute Gasteiger partial charge is 0.166 e. The summed E-state index contributed by atoms with van der Waals surface area (Å²) in [4.78, 5) is 17.2. The van der Waals surface area contributed by atoms with E-state index in [-0.39, 0.29) is 6.61 Å². The maximum Gasteiger partial charge on any atom is 0.166 e. The Hall–Kier alpha value is -2.11. The van der Waals surface area contributed by atoms with Crippen LogP contribution in [-0.2, 0) is 10.5 Å². The fourth-order valence-electron chi connectivity index (χ4n) is 2.86. The third kappa shape index (κ3) is 3.06. The Balaban J connectivity index is 1.61. The zero-order valence-corrected chi connectivity index (χ0v) is 14.4. The van der Waals surface area contributed by atoms with Gasteiger partial charge in [0.25, 0.3) is 0 Å². The highest BCUT2D eigenvalue weighted by molar-refractivity contribution is 7.98. The molecule has 4 heterocycles. The molecule has 0 saturated carbocycles. The maximum absolute atomic E-state index is 10.2. The van der Waals surface area contributed by atoms with E-state index in [9.17, 15) is 15.3 Å². The van der Waals surface area contributed by atoms with Crippen molar-refractivity contribution in [1.82, 2.24) is 24.5 Å². The molecule has 3 aromatic heterocycles. The van der Waals surface area contributed by atoms with Crippen LogP contribution in [0.25, 0.3) is 11.2 Å². The zero-order valence-electron chi connectivity index (χ0n) is 13.6. The molecule has 136 valence electrons. The minimum atomic E-state index is -1.19. The number of hydrogen-bond donors (Lipinski definition) is 3. The minimum absolute atomic E-state index is 0.387. The maximum atomic E-state index is 10.2. The molecule has 4 rings (SSSR count). The molecule has 0 radical (unpaired) electrons. The van der Waals surface area contributed by atoms with E-state index in [2.05, 4.69) is 19.9 Å². The van der Waals surface area contributed by atoms with Crippen molar-refractivity contribution in [1.29, 1.82) is 0 Å². The first-order valence-electron chi connectivity index (χ1n) is 8.01. The van der Waals surface area contributed by atoms with Crippen LogP contribution in [0, 0.1) is 0 Å². The van der Waals surface area contributed by atoms with Crippen LogP contribution in [0.1, 0.15) is 11.9 Å². The van der Waals surface area contributed by atoms with Gasteiger partial charge >= 0.3 is 0 Å². The molecule has 0 amide bonds. The van der Waals surface area contributed by atoms with Crippen molar-refractivity contribution in [3.05, 3.63) is 42.7 Å². The van der Waals surface area contributed by atoms with Crippen LogP contribution in [-0.4, -0.2) is 64.7 Å². The highest BCUT2D eigenvalue weighted by atomic mass is 32.2. The number of hydrogen-bond acceptors (Lipinski definition) is 9. The van der Waals surface area contributed by atoms with Crippen molar-refractivity contribution >= 4 is 22.9 Å². The van der Waals surface area contributed by atoms with Gasteiger partial charge in [-0.2, -0.15) is 0 Å². The number of nitrogens with zero attached hydrogens (tertiary/aromatic N) is 5. The minimum Gasteiger partial charge on any atom is -0.394 e. The SMILES string of the molecule is OC[C@H]1O[C@@H](n2cnc3c(SCc4ccccn4)ncnc32)[C@H](O)[C@@H]1O. The van der Waals surface area contributed by atoms with Gasteiger partial charge in [-0.25, -0.2) is 15.0 Å². The van der Waals surface area contributed by atoms with Gasteiger partial charge in [0.1, 0.15) is 35.2 Å². The van der Waals surface area contributed by atoms with Crippen molar-refractivity contribution in [2.24, 2.45) is 0 Å². The van der Waals surface area contributed by atoms with Gasteiger partial charge in [0.05, 0.1) is 18.6 Å². The Morgan fingerprint density at radius 1 is 1.12 bits per heavy atom. The summed E-state index contributed by atoms with van der Waals surface area (Å²) in [6.07, 6.45) is 0.545. The lowest BCUT2D eigenvalue weighted by Crippen LogP contribution is -2.33. The van der Waals surface area contributed by atoms with E-state index in [0.717, 1.165) is 5.69 Å². The molecular formula is C16H17N5O4S. The molecule has 3 N–H and O–H groups in total. The van der Waals surface area contributed by atoms with Gasteiger partial charge in [0.15, 0.2) is 11.9 Å². The van der Waals surface area contributed by atoms with Gasteiger partial charge in [0, 0.05) is 11.9 Å². The monoisotopic (exact) mass is 375 g/mol. The zero-order chi connectivity index (χ0) is 18.1. The number of aromatic nitrogens is 5. The second-order valence-electron chi connectivity index (χ2n) is 5.84. The Labute approximate surface area is 152 Å². The van der Waals surface area contributed by atoms with Crippen LogP contribution in [0.2, 0.25) is 0 Å². The first kappa shape index (κ1) is 17.3. The molecule has 9 nitrogen and oxygen atoms in total. The molecule has 26 heavy (non-hydrogen) atoms. The van der Waals surface area contributed by atoms with Crippen molar-refractivity contribution in [2.45, 2.75) is 35.3 Å². The number of ether oxygens (including phenoxy) is 1. The molecule has 1 fully saturated rings. The molecule has 0 aliphatic carbocycles. The van der Waals surface area contributed by atoms with Gasteiger partial charge in [0.2, 0.25) is 0 Å². The molecular weight excluding hydrogens is 358 g/mol. The fraction of sp³-hybridized carbons (Fsp3) is 0.375. The summed E-state index contributed by atoms with van der Waals surface area (Å²) in [6, 6.07) is 5.72. The van der Waals surface area contributed by atoms with Gasteiger partial charge in [-0.05, 0) is 12.1 Å². The molecule has 1 saturated heterocycles. The van der Waals surface area contributed by atoms with Crippen molar-refractivity contribution < 1.29 is 20.1 Å². The molecule has 10 heteroatoms. The Kier molecular flexibility index (Phi) is 4.83. The third-order valence-corrected chi connectivity index (χ3v) is 5.21. The largest absolute Gasteiger partial charge is 0.394 e. The number of thioether (sulfide) groups is 1. The van der Waals surface area contributed by atoms with E-state index >= 15 is 0 Å². The fourth-order valence-corrected chi connectivity index (χ4v) is 3.72. The van der Waals surface area contributed by atoms with Crippen LogP contribution in [0.15, 0.2) is 42.1 Å². The number of imidazole rings is 1. The van der Waals surface area contributed by atoms with E-state index in [0.29, 0.717) is 21.9 Å². The van der Waals surface area contributed by atoms with E-state index in [4.69, 9.17) is 4.74 Å². The lowest BCUT2D eigenvalue weighted by atomic mass is 10.1. The van der Waals surface area contributed by atoms with Crippen molar-refractivity contribution in [2.75, 3.05) is 6.61 Å². The highest BCUT2D eigenvalue weighted by Crippen LogP contribution is 2.33. The van der Waals surface area contributed by atoms with Crippen LogP contribution in [0.3, 0.4) is 0 Å². The highest BCUT2D eigenvalue weighted by Gasteiger charge is 2.44. The lowest BCUT2D eigenvalue weighted by molar-refractivity contribution is -0.0511. The Morgan fingerprint density at radius 2 is 2.00 bits per heavy atom. The molecule has 3 aromatic rings. The predicted octanol–water partition coefficient (Wildman–Crippen LogP) is 0.125. The van der Waals surface area contributed by atoms with E-state index in [1.54, 1.807) is 10.8 Å². The number of pyridine rings is 1. The number of fused-ring (bicyclic) bond motifs is 1. The van der Waals surface area contributed by atoms with Crippen LogP contribution in [0.4, 0.5) is 0 Å². The van der Waals surface area contributed by atoms with E-state index in [1.165, 1.54) is 24.4 Å². The summed E-state index contributed by atoms with van der Waals surface area (Å²) in [5.74, 6) is 0.633. The second kappa shape index (κ2) is 7.25. The molecule has 4 atom stereocenters. The standard InChI is InChI=1S/C16H17N5O4S/c22-5-10-12(23)13(24)16(25-10)21-8-20-11-14(21)18-7-19-15(11)26-6-9-3-1-2-4-17-9/h1-4,7-8,10,12-13,16,22-24H,5-6H2/t10-,12-,13-,16-/m1/s1. The lowest BCUT2D eigenvalue weighted by Gasteiger charge is -2.16. The summed E-state index contributed by atoms with van der Waals surface area (Å²) in [7, 11) is 0. The average molecular weight is 375 g/mol. The van der Waals surface area contributed by atoms with E-state index in [1.807, 2.05) is 18.2 Å². The van der Waals surface area contributed by atoms with Crippen LogP contribution < -0.4 is 0 Å². The van der Waals surface area contributed by atoms with Crippen LogP contribution in [0.5, 0.6) is 0 Å². The third-order valence-electron chi connectivity index (χ3n) is 4.20. The average Bonchev–Trinajstić information content (AvgIpc) is 3.23. The molecule has 0 bridgehead atoms. The van der Waals surface area contributed by atoms with Gasteiger partial charge in [-0.3, -0.25) is 9.55 Å². The molecule has 1 aliphatic heterocycles. The summed E-state index contributed by atoms with van der Waals surface area (Å²) in [6.45, 7) is -0.387. The number of aliphatic hydroxyl groups is 3. The van der Waals surface area contributed by atoms with Crippen molar-refractivity contribution in [3.63, 3.8) is 0 Å². The Bertz CT molecular complexity index is 893. The summed E-state index contributed by atoms with van der Waals surface area (Å²) in [5, 5.41) is 30.1. The number of rotatable bonds is 5. The first-order valence-corrected chi connectivity index (χ1v) is 9.00. The number of aliphatic hydroxyl groups excluding tert-OH is 3. The summed E-state index contributed by atoms with van der Waals surface area (Å²) < 4.78 is 7.10. The predicted molar refractivity (Wildman–Crippen MR) is 92.1 cm³/mol. The first-order chi connectivity index (χ1) is 12.7. The normalized spacial score (nSPS) is 25.8. The summed E-state index contributed by atoms with van der Waals surface area (Å²) >= 11 is 1.48. The summed E-state index contributed by atoms with van der Waals surface area (Å²) in [5.41, 5.74) is 1.98. The quantitative estimate of drug-likeness (QED) is 0.421. The van der Waals surface area contributed by atoms with Crippen LogP contribution >= 0.6 is 11.8 Å². The molecule has 0 aromatic carbocycles. The molecule has 0 unspecified atom stereocenters.